The largest absolute Gasteiger partial charge is 0.389 e. The van der Waals surface area contributed by atoms with Crippen molar-refractivity contribution in [2.45, 2.75) is 70.1 Å². The molecule has 10 heteroatoms. The molecule has 2 heterocycles. The Labute approximate surface area is 234 Å². The number of halogens is 2. The summed E-state index contributed by atoms with van der Waals surface area (Å²) in [5.74, 6) is -2.57. The first kappa shape index (κ1) is 30.0. The zero-order valence-corrected chi connectivity index (χ0v) is 23.0. The van der Waals surface area contributed by atoms with Gasteiger partial charge in [-0.3, -0.25) is 9.59 Å². The Morgan fingerprint density at radius 1 is 1.15 bits per heavy atom. The Balaban J connectivity index is 1.39. The molecule has 2 aromatic rings. The molecule has 2 amide bonds. The lowest BCUT2D eigenvalue weighted by atomic mass is 9.94. The van der Waals surface area contributed by atoms with Gasteiger partial charge in [-0.05, 0) is 49.9 Å². The zero-order chi connectivity index (χ0) is 28.6. The minimum absolute atomic E-state index is 0.0158. The Morgan fingerprint density at radius 3 is 2.58 bits per heavy atom. The van der Waals surface area contributed by atoms with Gasteiger partial charge in [0.25, 0.3) is 0 Å². The molecular formula is C30H39F2N3O5. The van der Waals surface area contributed by atoms with Crippen LogP contribution in [-0.2, 0) is 32.1 Å². The molecule has 4 rings (SSSR count). The number of benzene rings is 2. The first-order chi connectivity index (χ1) is 19.2. The van der Waals surface area contributed by atoms with Crippen LogP contribution in [0.15, 0.2) is 48.5 Å². The van der Waals surface area contributed by atoms with Gasteiger partial charge in [0, 0.05) is 38.2 Å². The molecule has 40 heavy (non-hydrogen) atoms. The maximum Gasteiger partial charge on any atom is 0.225 e. The van der Waals surface area contributed by atoms with E-state index >= 15 is 0 Å². The van der Waals surface area contributed by atoms with Gasteiger partial charge in [0.1, 0.15) is 11.6 Å². The van der Waals surface area contributed by atoms with Crippen molar-refractivity contribution in [3.8, 4) is 0 Å². The third-order valence-corrected chi connectivity index (χ3v) is 7.38. The highest BCUT2D eigenvalue weighted by Crippen LogP contribution is 2.22. The van der Waals surface area contributed by atoms with E-state index in [1.54, 1.807) is 4.90 Å². The topological polar surface area (TPSA) is 100 Å². The van der Waals surface area contributed by atoms with Crippen LogP contribution in [0.4, 0.5) is 8.78 Å². The van der Waals surface area contributed by atoms with E-state index in [1.807, 2.05) is 44.2 Å². The number of aliphatic hydroxyl groups is 1. The molecule has 2 fully saturated rings. The van der Waals surface area contributed by atoms with Gasteiger partial charge in [0.15, 0.2) is 0 Å². The number of carbonyl (C=O) groups excluding carboxylic acids is 2. The smallest absolute Gasteiger partial charge is 0.225 e. The predicted octanol–water partition coefficient (Wildman–Crippen LogP) is 2.57. The highest BCUT2D eigenvalue weighted by atomic mass is 19.1. The second kappa shape index (κ2) is 14.1. The Hall–Kier alpha value is -2.92. The SMILES string of the molecule is CC(C)OCCN1CC(C(=O)N[C@@H](Cc2cc(F)cc(F)c2)[C@H](O)[C@H]2C[C@@H](OCc3ccccc3)CN2)CC1=O. The average Bonchev–Trinajstić information content (AvgIpc) is 3.53. The fraction of sp³-hybridized carbons (Fsp3) is 0.533. The number of hydrogen-bond donors (Lipinski definition) is 3. The fourth-order valence-corrected chi connectivity index (χ4v) is 5.29. The van der Waals surface area contributed by atoms with Gasteiger partial charge in [0.05, 0.1) is 43.5 Å². The molecular weight excluding hydrogens is 520 g/mol. The monoisotopic (exact) mass is 559 g/mol. The van der Waals surface area contributed by atoms with E-state index in [0.717, 1.165) is 11.6 Å². The van der Waals surface area contributed by atoms with Crippen LogP contribution in [0.25, 0.3) is 0 Å². The van der Waals surface area contributed by atoms with Gasteiger partial charge in [-0.2, -0.15) is 0 Å². The molecule has 2 aliphatic rings. The van der Waals surface area contributed by atoms with Crippen molar-refractivity contribution < 1.29 is 33.0 Å². The van der Waals surface area contributed by atoms with E-state index in [2.05, 4.69) is 10.6 Å². The molecule has 1 unspecified atom stereocenters. The normalized spacial score (nSPS) is 22.6. The molecule has 2 saturated heterocycles. The second-order valence-electron chi connectivity index (χ2n) is 10.9. The summed E-state index contributed by atoms with van der Waals surface area (Å²) in [5.41, 5.74) is 1.35. The van der Waals surface area contributed by atoms with E-state index in [0.29, 0.717) is 38.3 Å². The van der Waals surface area contributed by atoms with Gasteiger partial charge in [0.2, 0.25) is 11.8 Å². The van der Waals surface area contributed by atoms with Crippen LogP contribution in [-0.4, -0.2) is 78.5 Å². The number of rotatable bonds is 13. The fourth-order valence-electron chi connectivity index (χ4n) is 5.29. The van der Waals surface area contributed by atoms with Gasteiger partial charge >= 0.3 is 0 Å². The minimum Gasteiger partial charge on any atom is -0.389 e. The van der Waals surface area contributed by atoms with Crippen molar-refractivity contribution in [3.63, 3.8) is 0 Å². The number of amides is 2. The third-order valence-electron chi connectivity index (χ3n) is 7.38. The molecule has 218 valence electrons. The number of nitrogens with zero attached hydrogens (tertiary/aromatic N) is 1. The summed E-state index contributed by atoms with van der Waals surface area (Å²) in [6, 6.07) is 11.7. The van der Waals surface area contributed by atoms with Crippen molar-refractivity contribution in [2.75, 3.05) is 26.2 Å². The van der Waals surface area contributed by atoms with Gasteiger partial charge in [-0.1, -0.05) is 30.3 Å². The number of likely N-dealkylation sites (tertiary alicyclic amines) is 1. The highest BCUT2D eigenvalue weighted by molar-refractivity contribution is 5.89. The molecule has 0 radical (unpaired) electrons. The average molecular weight is 560 g/mol. The van der Waals surface area contributed by atoms with Crippen molar-refractivity contribution in [1.82, 2.24) is 15.5 Å². The van der Waals surface area contributed by atoms with Crippen molar-refractivity contribution in [2.24, 2.45) is 5.92 Å². The van der Waals surface area contributed by atoms with Crippen LogP contribution in [0.2, 0.25) is 0 Å². The summed E-state index contributed by atoms with van der Waals surface area (Å²) in [6.07, 6.45) is -0.586. The third kappa shape index (κ3) is 8.54. The van der Waals surface area contributed by atoms with Crippen LogP contribution in [0, 0.1) is 17.6 Å². The van der Waals surface area contributed by atoms with Crippen molar-refractivity contribution in [3.05, 3.63) is 71.3 Å². The molecule has 0 spiro atoms. The lowest BCUT2D eigenvalue weighted by molar-refractivity contribution is -0.129. The minimum atomic E-state index is -1.06. The highest BCUT2D eigenvalue weighted by Gasteiger charge is 2.39. The van der Waals surface area contributed by atoms with Crippen LogP contribution < -0.4 is 10.6 Å². The summed E-state index contributed by atoms with van der Waals surface area (Å²) in [7, 11) is 0. The standard InChI is InChI=1S/C30H39F2N3O5/c1-19(2)39-9-8-35-17-22(13-28(35)36)30(38)34-27(12-21-10-23(31)14-24(32)11-21)29(37)26-15-25(16-33-26)40-18-20-6-4-3-5-7-20/h3-7,10-11,14,19,22,25-27,29,33,37H,8-9,12-13,15-18H2,1-2H3,(H,34,38)/t22?,25-,26-,27+,29-/m1/s1. The molecule has 2 aromatic carbocycles. The zero-order valence-electron chi connectivity index (χ0n) is 23.0. The molecule has 0 bridgehead atoms. The Kier molecular flexibility index (Phi) is 10.6. The quantitative estimate of drug-likeness (QED) is 0.349. The molecule has 2 aliphatic heterocycles. The number of hydrogen-bond acceptors (Lipinski definition) is 6. The number of nitrogens with one attached hydrogen (secondary N) is 2. The summed E-state index contributed by atoms with van der Waals surface area (Å²) in [5, 5.41) is 17.5. The summed E-state index contributed by atoms with van der Waals surface area (Å²) in [4.78, 5) is 27.4. The van der Waals surface area contributed by atoms with Crippen LogP contribution in [0.5, 0.6) is 0 Å². The molecule has 0 aliphatic carbocycles. The maximum atomic E-state index is 13.9. The predicted molar refractivity (Wildman–Crippen MR) is 145 cm³/mol. The van der Waals surface area contributed by atoms with Crippen LogP contribution in [0.1, 0.15) is 37.8 Å². The van der Waals surface area contributed by atoms with E-state index < -0.39 is 35.7 Å². The molecule has 0 aromatic heterocycles. The first-order valence-electron chi connectivity index (χ1n) is 13.9. The number of ether oxygens (including phenoxy) is 2. The Bertz CT molecular complexity index is 1120. The van der Waals surface area contributed by atoms with Crippen molar-refractivity contribution in [1.29, 1.82) is 0 Å². The molecule has 0 saturated carbocycles. The number of carbonyl (C=O) groups is 2. The van der Waals surface area contributed by atoms with Gasteiger partial charge < -0.3 is 30.1 Å². The van der Waals surface area contributed by atoms with E-state index in [4.69, 9.17) is 9.47 Å². The van der Waals surface area contributed by atoms with Crippen LogP contribution in [0.3, 0.4) is 0 Å². The van der Waals surface area contributed by atoms with Gasteiger partial charge in [-0.25, -0.2) is 8.78 Å². The molecule has 8 nitrogen and oxygen atoms in total. The van der Waals surface area contributed by atoms with Crippen molar-refractivity contribution >= 4 is 11.8 Å². The first-order valence-corrected chi connectivity index (χ1v) is 13.9. The molecule has 3 N–H and O–H groups in total. The Morgan fingerprint density at radius 2 is 1.88 bits per heavy atom. The summed E-state index contributed by atoms with van der Waals surface area (Å²) < 4.78 is 39.4. The summed E-state index contributed by atoms with van der Waals surface area (Å²) in [6.45, 7) is 5.81. The second-order valence-corrected chi connectivity index (χ2v) is 10.9. The van der Waals surface area contributed by atoms with E-state index in [1.165, 1.54) is 12.1 Å². The van der Waals surface area contributed by atoms with E-state index in [9.17, 15) is 23.5 Å². The maximum absolute atomic E-state index is 13.9. The van der Waals surface area contributed by atoms with Gasteiger partial charge in [-0.15, -0.1) is 0 Å². The van der Waals surface area contributed by atoms with Crippen LogP contribution >= 0.6 is 0 Å². The van der Waals surface area contributed by atoms with E-state index in [-0.39, 0.29) is 43.4 Å². The molecule has 5 atom stereocenters. The summed E-state index contributed by atoms with van der Waals surface area (Å²) >= 11 is 0. The lowest BCUT2D eigenvalue weighted by Gasteiger charge is -2.29. The lowest BCUT2D eigenvalue weighted by Crippen LogP contribution is -2.53. The number of aliphatic hydroxyl groups excluding tert-OH is 1.